The number of benzene rings is 2. The molecule has 2 rings (SSSR count). The number of nitro benzene ring substituents is 1. The molecule has 0 aliphatic heterocycles. The summed E-state index contributed by atoms with van der Waals surface area (Å²) < 4.78 is 26.8. The van der Waals surface area contributed by atoms with E-state index in [4.69, 9.17) is 34.8 Å². The summed E-state index contributed by atoms with van der Waals surface area (Å²) in [6.45, 7) is 0. The smallest absolute Gasteiger partial charge is 0.271 e. The molecule has 0 radical (unpaired) electrons. The van der Waals surface area contributed by atoms with E-state index in [9.17, 15) is 18.5 Å². The molecular formula is C12H7Cl3N2O4S. The zero-order valence-corrected chi connectivity index (χ0v) is 13.7. The number of rotatable bonds is 4. The highest BCUT2D eigenvalue weighted by molar-refractivity contribution is 7.92. The van der Waals surface area contributed by atoms with Crippen molar-refractivity contribution in [2.24, 2.45) is 0 Å². The molecule has 6 nitrogen and oxygen atoms in total. The minimum absolute atomic E-state index is 0.0190. The number of halogens is 3. The van der Waals surface area contributed by atoms with Gasteiger partial charge in [-0.05, 0) is 18.2 Å². The predicted molar refractivity (Wildman–Crippen MR) is 85.4 cm³/mol. The van der Waals surface area contributed by atoms with Gasteiger partial charge >= 0.3 is 0 Å². The molecule has 0 bridgehead atoms. The summed E-state index contributed by atoms with van der Waals surface area (Å²) in [4.78, 5) is 9.78. The molecule has 0 fully saturated rings. The molecule has 2 aromatic carbocycles. The number of hydrogen-bond donors (Lipinski definition) is 1. The second-order valence-electron chi connectivity index (χ2n) is 4.11. The number of hydrogen-bond acceptors (Lipinski definition) is 4. The lowest BCUT2D eigenvalue weighted by Gasteiger charge is -2.10. The molecule has 0 saturated carbocycles. The minimum Gasteiger partial charge on any atom is -0.279 e. The molecule has 0 amide bonds. The zero-order chi connectivity index (χ0) is 16.5. The average Bonchev–Trinajstić information content (AvgIpc) is 2.42. The highest BCUT2D eigenvalue weighted by Crippen LogP contribution is 2.32. The molecule has 116 valence electrons. The van der Waals surface area contributed by atoms with E-state index >= 15 is 0 Å². The van der Waals surface area contributed by atoms with E-state index in [0.717, 1.165) is 12.1 Å². The van der Waals surface area contributed by atoms with Crippen LogP contribution in [0.15, 0.2) is 41.3 Å². The van der Waals surface area contributed by atoms with E-state index in [1.54, 1.807) is 0 Å². The van der Waals surface area contributed by atoms with Gasteiger partial charge in [0.2, 0.25) is 0 Å². The van der Waals surface area contributed by atoms with Gasteiger partial charge in [-0.15, -0.1) is 0 Å². The van der Waals surface area contributed by atoms with E-state index in [2.05, 4.69) is 4.72 Å². The van der Waals surface area contributed by atoms with Crippen LogP contribution in [-0.4, -0.2) is 13.3 Å². The van der Waals surface area contributed by atoms with Gasteiger partial charge in [-0.25, -0.2) is 8.42 Å². The molecule has 1 N–H and O–H groups in total. The molecule has 10 heteroatoms. The molecule has 0 aliphatic carbocycles. The Balaban J connectivity index is 2.42. The summed E-state index contributed by atoms with van der Waals surface area (Å²) in [5, 5.41) is 10.7. The fraction of sp³-hybridized carbons (Fsp3) is 0. The lowest BCUT2D eigenvalue weighted by molar-refractivity contribution is -0.384. The molecule has 0 heterocycles. The summed E-state index contributed by atoms with van der Waals surface area (Å²) in [6, 6.07) is 7.36. The van der Waals surface area contributed by atoms with E-state index < -0.39 is 14.9 Å². The standard InChI is InChI=1S/C12H7Cl3N2O4S/c13-9-5-11(15)12(6-10(9)14)22(20,21)16-7-2-1-3-8(4-7)17(18)19/h1-6,16H. The summed E-state index contributed by atoms with van der Waals surface area (Å²) in [6.07, 6.45) is 0. The zero-order valence-electron chi connectivity index (χ0n) is 10.6. The third-order valence-corrected chi connectivity index (χ3v) is 5.14. The van der Waals surface area contributed by atoms with Gasteiger partial charge in [-0.2, -0.15) is 0 Å². The van der Waals surface area contributed by atoms with Crippen molar-refractivity contribution in [3.05, 3.63) is 61.6 Å². The van der Waals surface area contributed by atoms with Crippen molar-refractivity contribution in [1.29, 1.82) is 0 Å². The SMILES string of the molecule is O=[N+]([O-])c1cccc(NS(=O)(=O)c2cc(Cl)c(Cl)cc2Cl)c1. The van der Waals surface area contributed by atoms with Gasteiger partial charge in [-0.3, -0.25) is 14.8 Å². The van der Waals surface area contributed by atoms with Crippen LogP contribution >= 0.6 is 34.8 Å². The van der Waals surface area contributed by atoms with Crippen LogP contribution in [0.5, 0.6) is 0 Å². The van der Waals surface area contributed by atoms with Gasteiger partial charge in [-0.1, -0.05) is 40.9 Å². The minimum atomic E-state index is -4.07. The van der Waals surface area contributed by atoms with E-state index in [0.29, 0.717) is 0 Å². The number of nitro groups is 1. The Bertz CT molecular complexity index is 855. The highest BCUT2D eigenvalue weighted by atomic mass is 35.5. The number of anilines is 1. The van der Waals surface area contributed by atoms with Crippen LogP contribution in [0.3, 0.4) is 0 Å². The lowest BCUT2D eigenvalue weighted by atomic mass is 10.3. The first-order chi connectivity index (χ1) is 10.2. The number of nitrogens with one attached hydrogen (secondary N) is 1. The predicted octanol–water partition coefficient (Wildman–Crippen LogP) is 4.36. The van der Waals surface area contributed by atoms with Crippen LogP contribution in [0.1, 0.15) is 0 Å². The maximum Gasteiger partial charge on any atom is 0.271 e. The Morgan fingerprint density at radius 1 is 1.00 bits per heavy atom. The topological polar surface area (TPSA) is 89.3 Å². The van der Waals surface area contributed by atoms with Crippen LogP contribution in [-0.2, 0) is 10.0 Å². The molecular weight excluding hydrogens is 375 g/mol. The second kappa shape index (κ2) is 6.29. The van der Waals surface area contributed by atoms with Crippen LogP contribution in [0.2, 0.25) is 15.1 Å². The van der Waals surface area contributed by atoms with Crippen molar-refractivity contribution < 1.29 is 13.3 Å². The Morgan fingerprint density at radius 3 is 2.27 bits per heavy atom. The molecule has 0 unspecified atom stereocenters. The van der Waals surface area contributed by atoms with Crippen molar-refractivity contribution >= 4 is 56.2 Å². The first-order valence-electron chi connectivity index (χ1n) is 5.62. The summed E-state index contributed by atoms with van der Waals surface area (Å²) in [5.41, 5.74) is -0.225. The summed E-state index contributed by atoms with van der Waals surface area (Å²) in [7, 11) is -4.07. The maximum absolute atomic E-state index is 12.3. The number of sulfonamides is 1. The number of non-ortho nitro benzene ring substituents is 1. The largest absolute Gasteiger partial charge is 0.279 e. The Labute approximate surface area is 140 Å². The number of nitrogens with zero attached hydrogens (tertiary/aromatic N) is 1. The van der Waals surface area contributed by atoms with E-state index in [1.165, 1.54) is 24.3 Å². The molecule has 0 atom stereocenters. The van der Waals surface area contributed by atoms with Crippen molar-refractivity contribution in [2.75, 3.05) is 4.72 Å². The normalized spacial score (nSPS) is 11.2. The first-order valence-corrected chi connectivity index (χ1v) is 8.24. The van der Waals surface area contributed by atoms with Gasteiger partial charge in [0.15, 0.2) is 0 Å². The second-order valence-corrected chi connectivity index (χ2v) is 6.98. The first kappa shape index (κ1) is 16.8. The van der Waals surface area contributed by atoms with Crippen LogP contribution in [0, 0.1) is 10.1 Å². The van der Waals surface area contributed by atoms with Crippen LogP contribution < -0.4 is 4.72 Å². The van der Waals surface area contributed by atoms with Crippen molar-refractivity contribution in [2.45, 2.75) is 4.90 Å². The Kier molecular flexibility index (Phi) is 4.81. The van der Waals surface area contributed by atoms with Gasteiger partial charge in [0.1, 0.15) is 4.90 Å². The molecule has 0 aliphatic rings. The fourth-order valence-electron chi connectivity index (χ4n) is 1.60. The van der Waals surface area contributed by atoms with Gasteiger partial charge in [0.05, 0.1) is 25.7 Å². The lowest BCUT2D eigenvalue weighted by Crippen LogP contribution is -2.13. The van der Waals surface area contributed by atoms with E-state index in [-0.39, 0.29) is 31.3 Å². The molecule has 0 saturated heterocycles. The molecule has 0 aromatic heterocycles. The highest BCUT2D eigenvalue weighted by Gasteiger charge is 2.21. The Morgan fingerprint density at radius 2 is 1.64 bits per heavy atom. The average molecular weight is 382 g/mol. The van der Waals surface area contributed by atoms with Crippen molar-refractivity contribution in [3.8, 4) is 0 Å². The fourth-order valence-corrected chi connectivity index (χ4v) is 3.66. The van der Waals surface area contributed by atoms with E-state index in [1.807, 2.05) is 0 Å². The summed E-state index contributed by atoms with van der Waals surface area (Å²) in [5.74, 6) is 0. The molecule has 2 aromatic rings. The summed E-state index contributed by atoms with van der Waals surface area (Å²) >= 11 is 17.4. The van der Waals surface area contributed by atoms with Crippen LogP contribution in [0.4, 0.5) is 11.4 Å². The van der Waals surface area contributed by atoms with Gasteiger partial charge in [0.25, 0.3) is 15.7 Å². The third kappa shape index (κ3) is 3.61. The monoisotopic (exact) mass is 380 g/mol. The maximum atomic E-state index is 12.3. The third-order valence-electron chi connectivity index (χ3n) is 2.57. The Hall–Kier alpha value is -1.54. The van der Waals surface area contributed by atoms with Crippen LogP contribution in [0.25, 0.3) is 0 Å². The molecule has 22 heavy (non-hydrogen) atoms. The molecule has 0 spiro atoms. The van der Waals surface area contributed by atoms with Crippen molar-refractivity contribution in [3.63, 3.8) is 0 Å². The quantitative estimate of drug-likeness (QED) is 0.484. The van der Waals surface area contributed by atoms with Gasteiger partial charge < -0.3 is 0 Å². The van der Waals surface area contributed by atoms with Gasteiger partial charge in [0, 0.05) is 12.1 Å². The van der Waals surface area contributed by atoms with Crippen molar-refractivity contribution in [1.82, 2.24) is 0 Å².